The van der Waals surface area contributed by atoms with Gasteiger partial charge in [-0.05, 0) is 28.5 Å². The molecule has 0 spiro atoms. The van der Waals surface area contributed by atoms with Crippen LogP contribution in [0.1, 0.15) is 12.0 Å². The first-order chi connectivity index (χ1) is 12.1. The number of tetrazole rings is 1. The van der Waals surface area contributed by atoms with Gasteiger partial charge in [0.2, 0.25) is 11.8 Å². The van der Waals surface area contributed by atoms with Crippen LogP contribution < -0.4 is 0 Å². The summed E-state index contributed by atoms with van der Waals surface area (Å²) >= 11 is 3.51. The Balaban J connectivity index is 1.44. The average molecular weight is 407 g/mol. The van der Waals surface area contributed by atoms with Crippen LogP contribution in [0.15, 0.2) is 35.1 Å². The van der Waals surface area contributed by atoms with Gasteiger partial charge < -0.3 is 9.80 Å². The zero-order valence-electron chi connectivity index (χ0n) is 13.7. The maximum Gasteiger partial charge on any atom is 0.244 e. The van der Waals surface area contributed by atoms with Crippen molar-refractivity contribution in [3.05, 3.63) is 40.6 Å². The Morgan fingerprint density at radius 3 is 2.36 bits per heavy atom. The molecule has 1 aromatic carbocycles. The highest BCUT2D eigenvalue weighted by molar-refractivity contribution is 9.10. The molecular formula is C16H19BrN6O2. The van der Waals surface area contributed by atoms with Crippen molar-refractivity contribution in [1.82, 2.24) is 30.0 Å². The van der Waals surface area contributed by atoms with E-state index in [4.69, 9.17) is 0 Å². The molecule has 0 N–H and O–H groups in total. The van der Waals surface area contributed by atoms with Gasteiger partial charge in [0.15, 0.2) is 0 Å². The number of amides is 2. The van der Waals surface area contributed by atoms with Crippen molar-refractivity contribution in [3.63, 3.8) is 0 Å². The summed E-state index contributed by atoms with van der Waals surface area (Å²) in [5.41, 5.74) is 1.13. The van der Waals surface area contributed by atoms with Gasteiger partial charge in [-0.1, -0.05) is 34.1 Å². The van der Waals surface area contributed by atoms with Crippen LogP contribution in [0, 0.1) is 0 Å². The van der Waals surface area contributed by atoms with E-state index in [2.05, 4.69) is 31.5 Å². The predicted molar refractivity (Wildman–Crippen MR) is 93.4 cm³/mol. The quantitative estimate of drug-likeness (QED) is 0.730. The van der Waals surface area contributed by atoms with Crippen molar-refractivity contribution in [2.75, 3.05) is 26.2 Å². The second kappa shape index (κ2) is 8.19. The number of hydrogen-bond donors (Lipinski definition) is 0. The highest BCUT2D eigenvalue weighted by Crippen LogP contribution is 2.18. The van der Waals surface area contributed by atoms with E-state index in [-0.39, 0.29) is 18.4 Å². The standard InChI is InChI=1S/C16H19BrN6O2/c17-14-4-2-1-3-13(14)5-6-15(24)21-7-9-22(10-8-21)16(25)11-23-12-18-19-20-23/h1-4,12H,5-11H2. The van der Waals surface area contributed by atoms with Crippen molar-refractivity contribution in [1.29, 1.82) is 0 Å². The van der Waals surface area contributed by atoms with Crippen LogP contribution in [-0.4, -0.2) is 68.0 Å². The molecule has 0 aliphatic carbocycles. The van der Waals surface area contributed by atoms with E-state index in [1.54, 1.807) is 4.90 Å². The molecule has 1 aromatic heterocycles. The van der Waals surface area contributed by atoms with E-state index in [1.165, 1.54) is 11.0 Å². The largest absolute Gasteiger partial charge is 0.339 e. The van der Waals surface area contributed by atoms with E-state index in [0.717, 1.165) is 10.0 Å². The van der Waals surface area contributed by atoms with Gasteiger partial charge in [0.25, 0.3) is 0 Å². The Morgan fingerprint density at radius 1 is 1.04 bits per heavy atom. The van der Waals surface area contributed by atoms with Gasteiger partial charge in [-0.2, -0.15) is 0 Å². The summed E-state index contributed by atoms with van der Waals surface area (Å²) in [7, 11) is 0. The molecule has 2 heterocycles. The topological polar surface area (TPSA) is 84.2 Å². The first kappa shape index (κ1) is 17.5. The number of carbonyl (C=O) groups is 2. The van der Waals surface area contributed by atoms with Gasteiger partial charge in [0, 0.05) is 37.1 Å². The Morgan fingerprint density at radius 2 is 1.72 bits per heavy atom. The third-order valence-electron chi connectivity index (χ3n) is 4.24. The van der Waals surface area contributed by atoms with Crippen molar-refractivity contribution in [3.8, 4) is 0 Å². The van der Waals surface area contributed by atoms with Crippen LogP contribution in [0.5, 0.6) is 0 Å². The minimum absolute atomic E-state index is 0.0346. The molecule has 0 saturated carbocycles. The lowest BCUT2D eigenvalue weighted by Gasteiger charge is -2.34. The maximum atomic E-state index is 12.4. The van der Waals surface area contributed by atoms with Crippen LogP contribution in [-0.2, 0) is 22.6 Å². The number of rotatable bonds is 5. The highest BCUT2D eigenvalue weighted by atomic mass is 79.9. The van der Waals surface area contributed by atoms with Gasteiger partial charge in [0.1, 0.15) is 12.9 Å². The number of carbonyl (C=O) groups excluding carboxylic acids is 2. The number of benzene rings is 1. The van der Waals surface area contributed by atoms with Crippen LogP contribution in [0.3, 0.4) is 0 Å². The summed E-state index contributed by atoms with van der Waals surface area (Å²) in [5, 5.41) is 10.7. The number of aryl methyl sites for hydroxylation is 1. The molecule has 9 heteroatoms. The van der Waals surface area contributed by atoms with E-state index in [1.807, 2.05) is 29.2 Å². The summed E-state index contributed by atoms with van der Waals surface area (Å²) in [6.07, 6.45) is 2.60. The van der Waals surface area contributed by atoms with Crippen LogP contribution in [0.4, 0.5) is 0 Å². The lowest BCUT2D eigenvalue weighted by atomic mass is 10.1. The molecule has 3 rings (SSSR count). The van der Waals surface area contributed by atoms with E-state index in [9.17, 15) is 9.59 Å². The molecule has 2 aromatic rings. The molecule has 2 amide bonds. The fourth-order valence-corrected chi connectivity index (χ4v) is 3.28. The van der Waals surface area contributed by atoms with Gasteiger partial charge in [-0.3, -0.25) is 9.59 Å². The fourth-order valence-electron chi connectivity index (χ4n) is 2.80. The Kier molecular flexibility index (Phi) is 5.75. The Bertz CT molecular complexity index is 728. The minimum Gasteiger partial charge on any atom is -0.339 e. The molecular weight excluding hydrogens is 388 g/mol. The van der Waals surface area contributed by atoms with Crippen molar-refractivity contribution < 1.29 is 9.59 Å². The summed E-state index contributed by atoms with van der Waals surface area (Å²) < 4.78 is 2.43. The normalized spacial score (nSPS) is 14.6. The number of hydrogen-bond acceptors (Lipinski definition) is 5. The molecule has 1 aliphatic heterocycles. The van der Waals surface area contributed by atoms with Crippen molar-refractivity contribution in [2.24, 2.45) is 0 Å². The molecule has 0 unspecified atom stereocenters. The van der Waals surface area contributed by atoms with Crippen molar-refractivity contribution >= 4 is 27.7 Å². The number of aromatic nitrogens is 4. The van der Waals surface area contributed by atoms with Crippen LogP contribution >= 0.6 is 15.9 Å². The monoisotopic (exact) mass is 406 g/mol. The number of nitrogens with zero attached hydrogens (tertiary/aromatic N) is 6. The summed E-state index contributed by atoms with van der Waals surface area (Å²) in [4.78, 5) is 28.2. The average Bonchev–Trinajstić information content (AvgIpc) is 3.14. The molecule has 0 radical (unpaired) electrons. The number of piperazine rings is 1. The van der Waals surface area contributed by atoms with Crippen molar-refractivity contribution in [2.45, 2.75) is 19.4 Å². The van der Waals surface area contributed by atoms with E-state index in [0.29, 0.717) is 39.0 Å². The molecule has 0 bridgehead atoms. The molecule has 1 fully saturated rings. The third kappa shape index (κ3) is 4.62. The maximum absolute atomic E-state index is 12.4. The van der Waals surface area contributed by atoms with E-state index >= 15 is 0 Å². The molecule has 132 valence electrons. The zero-order valence-corrected chi connectivity index (χ0v) is 15.3. The van der Waals surface area contributed by atoms with Gasteiger partial charge in [-0.25, -0.2) is 4.68 Å². The predicted octanol–water partition coefficient (Wildman–Crippen LogP) is 0.739. The van der Waals surface area contributed by atoms with E-state index < -0.39 is 0 Å². The third-order valence-corrected chi connectivity index (χ3v) is 5.01. The molecule has 25 heavy (non-hydrogen) atoms. The summed E-state index contributed by atoms with van der Waals surface area (Å²) in [6.45, 7) is 2.35. The fraction of sp³-hybridized carbons (Fsp3) is 0.438. The van der Waals surface area contributed by atoms with Gasteiger partial charge in [0.05, 0.1) is 0 Å². The molecule has 0 atom stereocenters. The Hall–Kier alpha value is -2.29. The lowest BCUT2D eigenvalue weighted by Crippen LogP contribution is -2.51. The molecule has 8 nitrogen and oxygen atoms in total. The lowest BCUT2D eigenvalue weighted by molar-refractivity contribution is -0.140. The molecule has 1 aliphatic rings. The highest BCUT2D eigenvalue weighted by Gasteiger charge is 2.24. The second-order valence-corrected chi connectivity index (χ2v) is 6.71. The first-order valence-electron chi connectivity index (χ1n) is 8.13. The first-order valence-corrected chi connectivity index (χ1v) is 8.92. The van der Waals surface area contributed by atoms with Gasteiger partial charge >= 0.3 is 0 Å². The molecule has 1 saturated heterocycles. The number of halogens is 1. The Labute approximate surface area is 153 Å². The summed E-state index contributed by atoms with van der Waals surface area (Å²) in [6, 6.07) is 7.93. The smallest absolute Gasteiger partial charge is 0.244 e. The van der Waals surface area contributed by atoms with Crippen LogP contribution in [0.2, 0.25) is 0 Å². The minimum atomic E-state index is -0.0346. The zero-order chi connectivity index (χ0) is 17.6. The summed E-state index contributed by atoms with van der Waals surface area (Å²) in [5.74, 6) is 0.0935. The van der Waals surface area contributed by atoms with Crippen LogP contribution in [0.25, 0.3) is 0 Å². The second-order valence-electron chi connectivity index (χ2n) is 5.86. The van der Waals surface area contributed by atoms with Gasteiger partial charge in [-0.15, -0.1) is 5.10 Å². The SMILES string of the molecule is O=C(CCc1ccccc1Br)N1CCN(C(=O)Cn2cnnn2)CC1.